The van der Waals surface area contributed by atoms with Gasteiger partial charge in [-0.2, -0.15) is 4.98 Å². The lowest BCUT2D eigenvalue weighted by atomic mass is 9.94. The van der Waals surface area contributed by atoms with Crippen molar-refractivity contribution in [1.82, 2.24) is 20.4 Å². The molecular formula is C26H30N4O3S. The molecule has 0 fully saturated rings. The number of hydrogen-bond acceptors (Lipinski definition) is 6. The fraction of sp³-hybridized carbons (Fsp3) is 0.346. The molecule has 1 unspecified atom stereocenters. The van der Waals surface area contributed by atoms with Crippen molar-refractivity contribution in [3.8, 4) is 22.9 Å². The van der Waals surface area contributed by atoms with Gasteiger partial charge in [0.15, 0.2) is 5.11 Å². The van der Waals surface area contributed by atoms with Crippen molar-refractivity contribution in [3.05, 3.63) is 65.7 Å². The van der Waals surface area contributed by atoms with Crippen molar-refractivity contribution in [2.75, 3.05) is 20.8 Å². The second-order valence-corrected chi connectivity index (χ2v) is 9.03. The van der Waals surface area contributed by atoms with Crippen LogP contribution in [0, 0.1) is 5.92 Å². The van der Waals surface area contributed by atoms with E-state index in [-0.39, 0.29) is 6.04 Å². The van der Waals surface area contributed by atoms with Gasteiger partial charge in [-0.25, -0.2) is 0 Å². The summed E-state index contributed by atoms with van der Waals surface area (Å²) in [5.41, 5.74) is 3.76. The summed E-state index contributed by atoms with van der Waals surface area (Å²) in [7, 11) is 3.30. The first-order chi connectivity index (χ1) is 16.4. The Kier molecular flexibility index (Phi) is 7.17. The van der Waals surface area contributed by atoms with E-state index in [1.807, 2.05) is 48.5 Å². The van der Waals surface area contributed by atoms with Crippen molar-refractivity contribution >= 4 is 22.9 Å². The number of nitrogens with zero attached hydrogens (tertiary/aromatic N) is 3. The zero-order valence-electron chi connectivity index (χ0n) is 20.2. The maximum atomic E-state index is 5.81. The number of benzene rings is 2. The molecule has 1 N–H and O–H groups in total. The molecule has 1 aromatic heterocycles. The van der Waals surface area contributed by atoms with Gasteiger partial charge in [-0.1, -0.05) is 31.1 Å². The summed E-state index contributed by atoms with van der Waals surface area (Å²) in [6, 6.07) is 15.3. The monoisotopic (exact) mass is 478 g/mol. The van der Waals surface area contributed by atoms with Gasteiger partial charge in [-0.3, -0.25) is 0 Å². The first-order valence-corrected chi connectivity index (χ1v) is 11.7. The molecule has 34 heavy (non-hydrogen) atoms. The summed E-state index contributed by atoms with van der Waals surface area (Å²) in [6.45, 7) is 7.29. The molecule has 2 heterocycles. The first-order valence-electron chi connectivity index (χ1n) is 11.3. The van der Waals surface area contributed by atoms with Crippen LogP contribution in [0.5, 0.6) is 11.5 Å². The van der Waals surface area contributed by atoms with Gasteiger partial charge in [0.1, 0.15) is 11.5 Å². The molecule has 0 radical (unpaired) electrons. The van der Waals surface area contributed by atoms with Gasteiger partial charge in [0, 0.05) is 17.8 Å². The second kappa shape index (κ2) is 10.3. The number of methoxy groups -OCH3 is 2. The zero-order valence-corrected chi connectivity index (χ0v) is 21.0. The number of hydrogen-bond donors (Lipinski definition) is 1. The van der Waals surface area contributed by atoms with Gasteiger partial charge in [-0.05, 0) is 73.4 Å². The van der Waals surface area contributed by atoms with Crippen LogP contribution < -0.4 is 14.8 Å². The van der Waals surface area contributed by atoms with Gasteiger partial charge < -0.3 is 24.2 Å². The van der Waals surface area contributed by atoms with E-state index in [1.54, 1.807) is 14.2 Å². The number of nitrogens with one attached hydrogen (secondary N) is 1. The van der Waals surface area contributed by atoms with E-state index in [1.165, 1.54) is 0 Å². The lowest BCUT2D eigenvalue weighted by Gasteiger charge is -2.37. The quantitative estimate of drug-likeness (QED) is 0.428. The van der Waals surface area contributed by atoms with Crippen molar-refractivity contribution in [2.45, 2.75) is 33.2 Å². The number of aromatic nitrogens is 2. The Hall–Kier alpha value is -3.39. The molecule has 1 aliphatic rings. The zero-order chi connectivity index (χ0) is 24.2. The topological polar surface area (TPSA) is 72.7 Å². The van der Waals surface area contributed by atoms with E-state index in [9.17, 15) is 0 Å². The SMILES string of the molecule is COc1ccc(-c2noc(C3=C(C)N(CCC(C)C)C(=S)NC3c3cccc(OC)c3)n2)cc1. The molecule has 0 saturated heterocycles. The molecule has 0 spiro atoms. The molecule has 0 saturated carbocycles. The normalized spacial score (nSPS) is 16.1. The van der Waals surface area contributed by atoms with E-state index in [2.05, 4.69) is 36.1 Å². The highest BCUT2D eigenvalue weighted by molar-refractivity contribution is 7.80. The average molecular weight is 479 g/mol. The highest BCUT2D eigenvalue weighted by atomic mass is 32.1. The lowest BCUT2D eigenvalue weighted by Crippen LogP contribution is -2.46. The van der Waals surface area contributed by atoms with Crippen LogP contribution in [-0.4, -0.2) is 40.9 Å². The van der Waals surface area contributed by atoms with Crippen LogP contribution in [0.1, 0.15) is 44.7 Å². The Balaban J connectivity index is 1.77. The van der Waals surface area contributed by atoms with E-state index >= 15 is 0 Å². The maximum absolute atomic E-state index is 5.81. The van der Waals surface area contributed by atoms with Crippen LogP contribution in [0.2, 0.25) is 0 Å². The molecular weight excluding hydrogens is 448 g/mol. The maximum Gasteiger partial charge on any atom is 0.258 e. The second-order valence-electron chi connectivity index (χ2n) is 8.64. The van der Waals surface area contributed by atoms with Crippen molar-refractivity contribution < 1.29 is 14.0 Å². The molecule has 3 aromatic rings. The van der Waals surface area contributed by atoms with Gasteiger partial charge in [0.25, 0.3) is 5.89 Å². The van der Waals surface area contributed by atoms with Crippen LogP contribution in [0.15, 0.2) is 58.8 Å². The summed E-state index contributed by atoms with van der Waals surface area (Å²) in [5.74, 6) is 3.08. The number of thiocarbonyl (C=S) groups is 1. The van der Waals surface area contributed by atoms with Gasteiger partial charge in [-0.15, -0.1) is 0 Å². The average Bonchev–Trinajstić information content (AvgIpc) is 3.33. The molecule has 178 valence electrons. The number of ether oxygens (including phenoxy) is 2. The smallest absolute Gasteiger partial charge is 0.258 e. The van der Waals surface area contributed by atoms with E-state index in [0.29, 0.717) is 22.7 Å². The largest absolute Gasteiger partial charge is 0.497 e. The molecule has 1 atom stereocenters. The Morgan fingerprint density at radius 1 is 1.09 bits per heavy atom. The molecule has 0 aliphatic carbocycles. The minimum Gasteiger partial charge on any atom is -0.497 e. The summed E-state index contributed by atoms with van der Waals surface area (Å²) in [5, 5.41) is 8.45. The summed E-state index contributed by atoms with van der Waals surface area (Å²) >= 11 is 5.77. The number of rotatable bonds is 8. The van der Waals surface area contributed by atoms with Crippen LogP contribution in [0.25, 0.3) is 17.0 Å². The molecule has 2 aromatic carbocycles. The Morgan fingerprint density at radius 2 is 1.82 bits per heavy atom. The molecule has 4 rings (SSSR count). The predicted octanol–water partition coefficient (Wildman–Crippen LogP) is 5.46. The highest BCUT2D eigenvalue weighted by Crippen LogP contribution is 2.38. The Labute approximate surface area is 205 Å². The minimum atomic E-state index is -0.248. The predicted molar refractivity (Wildman–Crippen MR) is 137 cm³/mol. The van der Waals surface area contributed by atoms with Gasteiger partial charge in [0.05, 0.1) is 25.8 Å². The van der Waals surface area contributed by atoms with Gasteiger partial charge in [0.2, 0.25) is 5.82 Å². The minimum absolute atomic E-state index is 0.248. The van der Waals surface area contributed by atoms with E-state index in [0.717, 1.165) is 46.9 Å². The molecule has 0 amide bonds. The van der Waals surface area contributed by atoms with Crippen LogP contribution >= 0.6 is 12.2 Å². The van der Waals surface area contributed by atoms with Crippen molar-refractivity contribution in [2.24, 2.45) is 5.92 Å². The van der Waals surface area contributed by atoms with Crippen LogP contribution in [0.4, 0.5) is 0 Å². The molecule has 7 nitrogen and oxygen atoms in total. The van der Waals surface area contributed by atoms with Crippen LogP contribution in [0.3, 0.4) is 0 Å². The highest BCUT2D eigenvalue weighted by Gasteiger charge is 2.34. The Bertz CT molecular complexity index is 1190. The first kappa shape index (κ1) is 23.8. The third kappa shape index (κ3) is 4.92. The molecule has 8 heteroatoms. The fourth-order valence-corrected chi connectivity index (χ4v) is 4.32. The van der Waals surface area contributed by atoms with Crippen LogP contribution in [-0.2, 0) is 0 Å². The van der Waals surface area contributed by atoms with E-state index in [4.69, 9.17) is 31.2 Å². The third-order valence-electron chi connectivity index (χ3n) is 5.96. The van der Waals surface area contributed by atoms with Crippen molar-refractivity contribution in [1.29, 1.82) is 0 Å². The summed E-state index contributed by atoms with van der Waals surface area (Å²) < 4.78 is 16.5. The van der Waals surface area contributed by atoms with Crippen molar-refractivity contribution in [3.63, 3.8) is 0 Å². The number of allylic oxidation sites excluding steroid dienone is 1. The molecule has 0 bridgehead atoms. The summed E-state index contributed by atoms with van der Waals surface area (Å²) in [4.78, 5) is 6.89. The summed E-state index contributed by atoms with van der Waals surface area (Å²) in [6.07, 6.45) is 1.01. The molecule has 1 aliphatic heterocycles. The standard InChI is InChI=1S/C26H30N4O3S/c1-16(2)13-14-30-17(3)22(23(27-26(30)34)19-7-6-8-21(15-19)32-5)25-28-24(29-33-25)18-9-11-20(31-4)12-10-18/h6-12,15-16,23H,13-14H2,1-5H3,(H,27,34). The fourth-order valence-electron chi connectivity index (χ4n) is 3.98. The van der Waals surface area contributed by atoms with Gasteiger partial charge >= 0.3 is 0 Å². The lowest BCUT2D eigenvalue weighted by molar-refractivity contribution is 0.390. The Morgan fingerprint density at radius 3 is 2.50 bits per heavy atom. The van der Waals surface area contributed by atoms with E-state index < -0.39 is 0 Å². The third-order valence-corrected chi connectivity index (χ3v) is 6.30.